The van der Waals surface area contributed by atoms with Crippen molar-refractivity contribution in [3.63, 3.8) is 0 Å². The fourth-order valence-corrected chi connectivity index (χ4v) is 5.30. The van der Waals surface area contributed by atoms with Crippen LogP contribution in [0.25, 0.3) is 27.4 Å². The lowest BCUT2D eigenvalue weighted by Crippen LogP contribution is -2.45. The number of hydrogen-bond donors (Lipinski definition) is 3. The van der Waals surface area contributed by atoms with E-state index in [9.17, 15) is 14.4 Å². The average molecular weight is 527 g/mol. The monoisotopic (exact) mass is 526 g/mol. The van der Waals surface area contributed by atoms with Crippen molar-refractivity contribution in [1.82, 2.24) is 15.2 Å². The maximum absolute atomic E-state index is 13.7. The molecule has 0 spiro atoms. The van der Waals surface area contributed by atoms with Crippen LogP contribution in [0.15, 0.2) is 66.7 Å². The Hall–Kier alpha value is -4.33. The van der Waals surface area contributed by atoms with Crippen LogP contribution >= 0.6 is 0 Å². The highest BCUT2D eigenvalue weighted by Crippen LogP contribution is 2.31. The summed E-state index contributed by atoms with van der Waals surface area (Å²) < 4.78 is 7.29. The highest BCUT2D eigenvalue weighted by atomic mass is 16.6. The quantitative estimate of drug-likeness (QED) is 0.321. The van der Waals surface area contributed by atoms with E-state index in [1.54, 1.807) is 12.1 Å². The predicted molar refractivity (Wildman–Crippen MR) is 152 cm³/mol. The summed E-state index contributed by atoms with van der Waals surface area (Å²) in [5.41, 5.74) is 7.48. The van der Waals surface area contributed by atoms with E-state index >= 15 is 0 Å². The second kappa shape index (κ2) is 10.4. The summed E-state index contributed by atoms with van der Waals surface area (Å²) >= 11 is 0. The molecule has 0 radical (unpaired) electrons. The molecule has 1 aliphatic carbocycles. The molecular weight excluding hydrogens is 492 g/mol. The Kier molecular flexibility index (Phi) is 7.04. The van der Waals surface area contributed by atoms with Crippen LogP contribution in [0, 0.1) is 0 Å². The first-order valence-corrected chi connectivity index (χ1v) is 13.3. The number of nitrogens with one attached hydrogen (secondary N) is 2. The van der Waals surface area contributed by atoms with Crippen molar-refractivity contribution in [2.45, 2.75) is 64.1 Å². The van der Waals surface area contributed by atoms with Crippen LogP contribution in [0.3, 0.4) is 0 Å². The van der Waals surface area contributed by atoms with E-state index in [0.717, 1.165) is 53.0 Å². The van der Waals surface area contributed by atoms with Gasteiger partial charge < -0.3 is 25.7 Å². The highest BCUT2D eigenvalue weighted by Gasteiger charge is 2.27. The molecule has 1 fully saturated rings. The molecule has 1 heterocycles. The molecule has 0 atom stereocenters. The van der Waals surface area contributed by atoms with Gasteiger partial charge in [0, 0.05) is 28.4 Å². The first kappa shape index (κ1) is 26.3. The van der Waals surface area contributed by atoms with Crippen molar-refractivity contribution >= 4 is 39.6 Å². The minimum Gasteiger partial charge on any atom is -0.444 e. The molecular formula is C31H34N4O4. The third kappa shape index (κ3) is 5.74. The van der Waals surface area contributed by atoms with Gasteiger partial charge in [-0.3, -0.25) is 9.59 Å². The number of benzene rings is 3. The average Bonchev–Trinajstić information content (AvgIpc) is 3.27. The van der Waals surface area contributed by atoms with Gasteiger partial charge in [0.2, 0.25) is 5.91 Å². The number of carbonyl (C=O) groups excluding carboxylic acids is 3. The first-order chi connectivity index (χ1) is 18.6. The van der Waals surface area contributed by atoms with Crippen LogP contribution in [-0.4, -0.2) is 40.2 Å². The lowest BCUT2D eigenvalue weighted by molar-refractivity contribution is 0.0487. The summed E-state index contributed by atoms with van der Waals surface area (Å²) in [6.07, 6.45) is 2.57. The van der Waals surface area contributed by atoms with Crippen molar-refractivity contribution < 1.29 is 19.1 Å². The van der Waals surface area contributed by atoms with Gasteiger partial charge >= 0.3 is 6.09 Å². The third-order valence-corrected chi connectivity index (χ3v) is 7.11. The molecule has 3 amide bonds. The van der Waals surface area contributed by atoms with E-state index in [0.29, 0.717) is 11.3 Å². The Morgan fingerprint density at radius 1 is 0.846 bits per heavy atom. The Labute approximate surface area is 227 Å². The number of aromatic nitrogens is 1. The summed E-state index contributed by atoms with van der Waals surface area (Å²) in [5, 5.41) is 9.03. The number of amides is 3. The summed E-state index contributed by atoms with van der Waals surface area (Å²) in [4.78, 5) is 37.9. The lowest BCUT2D eigenvalue weighted by Gasteiger charge is -2.30. The van der Waals surface area contributed by atoms with Crippen LogP contribution in [0.1, 0.15) is 67.3 Å². The van der Waals surface area contributed by atoms with Gasteiger partial charge in [0.1, 0.15) is 11.3 Å². The Bertz CT molecular complexity index is 1550. The standard InChI is InChI=1S/C31H34N4O4/c1-31(2,3)39-30(38)34-23-15-13-22(14-16-23)33-29(37)27-17-20-11-12-21(28(32)36)18-26(20)35(27)25-10-6-8-19-7-4-5-9-24(19)25/h4-12,17-18,22-23H,13-16H2,1-3H3,(H2,32,36)(H,33,37)(H,34,38). The number of primary amides is 1. The van der Waals surface area contributed by atoms with Crippen molar-refractivity contribution in [3.8, 4) is 5.69 Å². The van der Waals surface area contributed by atoms with Gasteiger partial charge in [0.15, 0.2) is 0 Å². The SMILES string of the molecule is CC(C)(C)OC(=O)NC1CCC(NC(=O)c2cc3ccc(C(N)=O)cc3n2-c2cccc3ccccc23)CC1. The van der Waals surface area contributed by atoms with Gasteiger partial charge in [0.05, 0.1) is 11.2 Å². The fourth-order valence-electron chi connectivity index (χ4n) is 5.30. The molecule has 3 aromatic carbocycles. The smallest absolute Gasteiger partial charge is 0.407 e. The number of rotatable bonds is 5. The van der Waals surface area contributed by atoms with Crippen LogP contribution < -0.4 is 16.4 Å². The number of ether oxygens (including phenoxy) is 1. The summed E-state index contributed by atoms with van der Waals surface area (Å²) in [6, 6.07) is 21.1. The molecule has 0 unspecified atom stereocenters. The summed E-state index contributed by atoms with van der Waals surface area (Å²) in [7, 11) is 0. The van der Waals surface area contributed by atoms with Crippen LogP contribution in [-0.2, 0) is 4.74 Å². The molecule has 8 heteroatoms. The molecule has 1 aliphatic rings. The Balaban J connectivity index is 1.41. The number of carbonyl (C=O) groups is 3. The second-order valence-electron chi connectivity index (χ2n) is 11.2. The number of alkyl carbamates (subject to hydrolysis) is 1. The summed E-state index contributed by atoms with van der Waals surface area (Å²) in [6.45, 7) is 5.52. The first-order valence-electron chi connectivity index (χ1n) is 13.3. The molecule has 39 heavy (non-hydrogen) atoms. The molecule has 1 aromatic heterocycles. The number of nitrogens with zero attached hydrogens (tertiary/aromatic N) is 1. The van der Waals surface area contributed by atoms with Crippen molar-refractivity contribution in [2.75, 3.05) is 0 Å². The topological polar surface area (TPSA) is 115 Å². The number of hydrogen-bond acceptors (Lipinski definition) is 4. The van der Waals surface area contributed by atoms with Gasteiger partial charge in [-0.1, -0.05) is 42.5 Å². The maximum atomic E-state index is 13.7. The molecule has 8 nitrogen and oxygen atoms in total. The Morgan fingerprint density at radius 2 is 1.51 bits per heavy atom. The van der Waals surface area contributed by atoms with Crippen LogP contribution in [0.5, 0.6) is 0 Å². The normalized spacial score (nSPS) is 17.6. The largest absolute Gasteiger partial charge is 0.444 e. The second-order valence-corrected chi connectivity index (χ2v) is 11.2. The molecule has 5 rings (SSSR count). The number of fused-ring (bicyclic) bond motifs is 2. The zero-order chi connectivity index (χ0) is 27.7. The molecule has 4 aromatic rings. The van der Waals surface area contributed by atoms with Gasteiger partial charge in [-0.15, -0.1) is 0 Å². The van der Waals surface area contributed by atoms with E-state index < -0.39 is 17.6 Å². The Morgan fingerprint density at radius 3 is 2.21 bits per heavy atom. The van der Waals surface area contributed by atoms with Gasteiger partial charge in [-0.25, -0.2) is 4.79 Å². The minimum atomic E-state index is -0.546. The highest BCUT2D eigenvalue weighted by molar-refractivity contribution is 6.04. The van der Waals surface area contributed by atoms with Crippen molar-refractivity contribution in [1.29, 1.82) is 0 Å². The minimum absolute atomic E-state index is 0.0161. The van der Waals surface area contributed by atoms with Crippen LogP contribution in [0.2, 0.25) is 0 Å². The zero-order valence-corrected chi connectivity index (χ0v) is 22.5. The van der Waals surface area contributed by atoms with Gasteiger partial charge in [-0.05, 0) is 76.1 Å². The molecule has 0 saturated heterocycles. The zero-order valence-electron chi connectivity index (χ0n) is 22.5. The predicted octanol–water partition coefficient (Wildman–Crippen LogP) is 5.45. The van der Waals surface area contributed by atoms with Crippen LogP contribution in [0.4, 0.5) is 4.79 Å². The molecule has 202 valence electrons. The van der Waals surface area contributed by atoms with E-state index in [4.69, 9.17) is 10.5 Å². The van der Waals surface area contributed by atoms with E-state index in [1.165, 1.54) is 0 Å². The summed E-state index contributed by atoms with van der Waals surface area (Å²) in [5.74, 6) is -0.714. The fraction of sp³-hybridized carbons (Fsp3) is 0.323. The molecule has 0 bridgehead atoms. The number of nitrogens with two attached hydrogens (primary N) is 1. The molecule has 0 aliphatic heterocycles. The van der Waals surface area contributed by atoms with E-state index in [-0.39, 0.29) is 18.0 Å². The van der Waals surface area contributed by atoms with Gasteiger partial charge in [0.25, 0.3) is 5.91 Å². The molecule has 4 N–H and O–H groups in total. The maximum Gasteiger partial charge on any atom is 0.407 e. The van der Waals surface area contributed by atoms with Crippen molar-refractivity contribution in [2.24, 2.45) is 5.73 Å². The third-order valence-electron chi connectivity index (χ3n) is 7.11. The molecule has 1 saturated carbocycles. The van der Waals surface area contributed by atoms with Crippen molar-refractivity contribution in [3.05, 3.63) is 78.0 Å². The van der Waals surface area contributed by atoms with Gasteiger partial charge in [-0.2, -0.15) is 0 Å². The van der Waals surface area contributed by atoms with E-state index in [2.05, 4.69) is 10.6 Å². The van der Waals surface area contributed by atoms with E-state index in [1.807, 2.05) is 79.9 Å². The lowest BCUT2D eigenvalue weighted by atomic mass is 9.91.